The van der Waals surface area contributed by atoms with Gasteiger partial charge in [0, 0.05) is 6.54 Å². The Bertz CT molecular complexity index is 489. The summed E-state index contributed by atoms with van der Waals surface area (Å²) < 4.78 is 5.48. The third-order valence-corrected chi connectivity index (χ3v) is 2.71. The van der Waals surface area contributed by atoms with Gasteiger partial charge in [-0.15, -0.1) is 0 Å². The Balaban J connectivity index is 3.01. The molecule has 7 heteroatoms. The first-order valence-corrected chi connectivity index (χ1v) is 7.21. The molecule has 1 aromatic rings. The predicted molar refractivity (Wildman–Crippen MR) is 81.7 cm³/mol. The molecule has 1 heterocycles. The fourth-order valence-electron chi connectivity index (χ4n) is 1.65. The number of nitrogens with one attached hydrogen (secondary N) is 1. The van der Waals surface area contributed by atoms with Crippen molar-refractivity contribution in [2.75, 3.05) is 18.5 Å². The molecule has 21 heavy (non-hydrogen) atoms. The first-order valence-electron chi connectivity index (χ1n) is 7.21. The maximum atomic E-state index is 11.3. The fourth-order valence-corrected chi connectivity index (χ4v) is 1.65. The lowest BCUT2D eigenvalue weighted by Gasteiger charge is -2.12. The van der Waals surface area contributed by atoms with Crippen molar-refractivity contribution in [1.29, 1.82) is 0 Å². The van der Waals surface area contributed by atoms with Crippen molar-refractivity contribution >= 4 is 11.5 Å². The van der Waals surface area contributed by atoms with Crippen LogP contribution in [0.3, 0.4) is 0 Å². The van der Waals surface area contributed by atoms with Crippen LogP contribution in [0.4, 0.5) is 11.5 Å². The van der Waals surface area contributed by atoms with Gasteiger partial charge >= 0.3 is 5.69 Å². The Hall–Kier alpha value is -1.92. The van der Waals surface area contributed by atoms with E-state index >= 15 is 0 Å². The Morgan fingerprint density at radius 2 is 1.90 bits per heavy atom. The topological polar surface area (TPSA) is 90.2 Å². The van der Waals surface area contributed by atoms with E-state index in [9.17, 15) is 10.1 Å². The highest BCUT2D eigenvalue weighted by Crippen LogP contribution is 2.32. The minimum atomic E-state index is -0.493. The molecule has 0 aromatic carbocycles. The van der Waals surface area contributed by atoms with Crippen molar-refractivity contribution in [3.05, 3.63) is 15.9 Å². The second-order valence-electron chi connectivity index (χ2n) is 5.84. The highest BCUT2D eigenvalue weighted by atomic mass is 16.6. The van der Waals surface area contributed by atoms with Crippen molar-refractivity contribution in [1.82, 2.24) is 9.97 Å². The Kier molecular flexibility index (Phi) is 6.33. The minimum absolute atomic E-state index is 0.0354. The summed E-state index contributed by atoms with van der Waals surface area (Å²) in [6.45, 7) is 10.8. The number of aromatic nitrogens is 2. The largest absolute Gasteiger partial charge is 0.472 e. The van der Waals surface area contributed by atoms with Crippen LogP contribution in [0.2, 0.25) is 0 Å². The summed E-state index contributed by atoms with van der Waals surface area (Å²) in [5, 5.41) is 14.3. The molecule has 0 saturated heterocycles. The number of anilines is 1. The number of hydrogen-bond acceptors (Lipinski definition) is 6. The lowest BCUT2D eigenvalue weighted by molar-refractivity contribution is -0.385. The number of aryl methyl sites for hydroxylation is 1. The van der Waals surface area contributed by atoms with Crippen LogP contribution in [0, 0.1) is 28.9 Å². The molecule has 0 aliphatic carbocycles. The molecule has 0 fully saturated rings. The first kappa shape index (κ1) is 17.1. The summed E-state index contributed by atoms with van der Waals surface area (Å²) in [5.41, 5.74) is -0.190. The molecule has 0 aliphatic heterocycles. The highest BCUT2D eigenvalue weighted by molar-refractivity contribution is 5.61. The van der Waals surface area contributed by atoms with Crippen LogP contribution in [0.15, 0.2) is 0 Å². The summed E-state index contributed by atoms with van der Waals surface area (Å²) in [5.74, 6) is 1.49. The molecule has 1 aromatic heterocycles. The van der Waals surface area contributed by atoms with Gasteiger partial charge < -0.3 is 10.1 Å². The van der Waals surface area contributed by atoms with Gasteiger partial charge in [-0.25, -0.2) is 4.98 Å². The first-order chi connectivity index (χ1) is 9.81. The molecule has 0 radical (unpaired) electrons. The van der Waals surface area contributed by atoms with Crippen LogP contribution in [0.1, 0.15) is 39.9 Å². The Morgan fingerprint density at radius 3 is 2.43 bits per heavy atom. The van der Waals surface area contributed by atoms with Crippen molar-refractivity contribution < 1.29 is 9.66 Å². The van der Waals surface area contributed by atoms with E-state index in [1.165, 1.54) is 0 Å². The third kappa shape index (κ3) is 5.53. The third-order valence-electron chi connectivity index (χ3n) is 2.71. The van der Waals surface area contributed by atoms with Crippen molar-refractivity contribution in [3.8, 4) is 5.88 Å². The molecule has 0 aliphatic rings. The normalized spacial score (nSPS) is 11.0. The van der Waals surface area contributed by atoms with Gasteiger partial charge in [-0.2, -0.15) is 4.98 Å². The summed E-state index contributed by atoms with van der Waals surface area (Å²) in [7, 11) is 0. The number of rotatable bonds is 8. The smallest absolute Gasteiger partial charge is 0.372 e. The van der Waals surface area contributed by atoms with E-state index in [-0.39, 0.29) is 23.3 Å². The van der Waals surface area contributed by atoms with E-state index in [0.717, 1.165) is 6.42 Å². The zero-order chi connectivity index (χ0) is 16.0. The van der Waals surface area contributed by atoms with Crippen LogP contribution < -0.4 is 10.1 Å². The second kappa shape index (κ2) is 7.75. The van der Waals surface area contributed by atoms with Gasteiger partial charge in [0.15, 0.2) is 0 Å². The lowest BCUT2D eigenvalue weighted by Crippen LogP contribution is -2.13. The van der Waals surface area contributed by atoms with E-state index < -0.39 is 4.92 Å². The Labute approximate surface area is 125 Å². The average molecular weight is 296 g/mol. The van der Waals surface area contributed by atoms with Gasteiger partial charge in [0.05, 0.1) is 11.5 Å². The number of ether oxygens (including phenoxy) is 1. The maximum Gasteiger partial charge on any atom is 0.372 e. The maximum absolute atomic E-state index is 11.3. The zero-order valence-electron chi connectivity index (χ0n) is 13.3. The standard InChI is InChI=1S/C14H24N4O3/c1-9(2)6-7-15-13-12(18(19)20)14(17-11(5)16-13)21-8-10(3)4/h9-10H,6-8H2,1-5H3,(H,15,16,17). The molecule has 1 N–H and O–H groups in total. The van der Waals surface area contributed by atoms with Gasteiger partial charge in [-0.05, 0) is 25.2 Å². The molecule has 0 saturated carbocycles. The van der Waals surface area contributed by atoms with Gasteiger partial charge in [-0.3, -0.25) is 10.1 Å². The quantitative estimate of drug-likeness (QED) is 0.585. The monoisotopic (exact) mass is 296 g/mol. The van der Waals surface area contributed by atoms with Crippen molar-refractivity contribution in [3.63, 3.8) is 0 Å². The SMILES string of the molecule is Cc1nc(NCCC(C)C)c([N+](=O)[O-])c(OCC(C)C)n1. The number of nitro groups is 1. The summed E-state index contributed by atoms with van der Waals surface area (Å²) in [4.78, 5) is 19.0. The van der Waals surface area contributed by atoms with Crippen molar-refractivity contribution in [2.24, 2.45) is 11.8 Å². The molecule has 0 amide bonds. The predicted octanol–water partition coefficient (Wildman–Crippen LogP) is 3.19. The van der Waals surface area contributed by atoms with Gasteiger partial charge in [0.25, 0.3) is 5.88 Å². The molecule has 0 bridgehead atoms. The number of hydrogen-bond donors (Lipinski definition) is 1. The molecule has 1 rings (SSSR count). The summed E-state index contributed by atoms with van der Waals surface area (Å²) in [6.07, 6.45) is 0.905. The second-order valence-corrected chi connectivity index (χ2v) is 5.84. The van der Waals surface area contributed by atoms with Gasteiger partial charge in [0.1, 0.15) is 5.82 Å². The Morgan fingerprint density at radius 1 is 1.24 bits per heavy atom. The molecule has 0 atom stereocenters. The fraction of sp³-hybridized carbons (Fsp3) is 0.714. The van der Waals surface area contributed by atoms with E-state index in [1.54, 1.807) is 6.92 Å². The van der Waals surface area contributed by atoms with Crippen LogP contribution in [-0.4, -0.2) is 28.0 Å². The van der Waals surface area contributed by atoms with Crippen LogP contribution in [0.25, 0.3) is 0 Å². The van der Waals surface area contributed by atoms with E-state index in [4.69, 9.17) is 4.74 Å². The molecule has 7 nitrogen and oxygen atoms in total. The van der Waals surface area contributed by atoms with E-state index in [2.05, 4.69) is 29.1 Å². The molecule has 0 unspecified atom stereocenters. The molecule has 0 spiro atoms. The molecular formula is C14H24N4O3. The summed E-state index contributed by atoms with van der Waals surface area (Å²) in [6, 6.07) is 0. The van der Waals surface area contributed by atoms with Crippen LogP contribution >= 0.6 is 0 Å². The lowest BCUT2D eigenvalue weighted by atomic mass is 10.1. The molecule has 118 valence electrons. The van der Waals surface area contributed by atoms with Gasteiger partial charge in [0.2, 0.25) is 5.82 Å². The van der Waals surface area contributed by atoms with E-state index in [0.29, 0.717) is 24.9 Å². The van der Waals surface area contributed by atoms with E-state index in [1.807, 2.05) is 13.8 Å². The average Bonchev–Trinajstić information content (AvgIpc) is 2.34. The summed E-state index contributed by atoms with van der Waals surface area (Å²) >= 11 is 0. The minimum Gasteiger partial charge on any atom is -0.472 e. The zero-order valence-corrected chi connectivity index (χ0v) is 13.3. The highest BCUT2D eigenvalue weighted by Gasteiger charge is 2.25. The van der Waals surface area contributed by atoms with Crippen molar-refractivity contribution in [2.45, 2.75) is 41.0 Å². The van der Waals surface area contributed by atoms with Crippen LogP contribution in [0.5, 0.6) is 5.88 Å². The van der Waals surface area contributed by atoms with Gasteiger partial charge in [-0.1, -0.05) is 27.7 Å². The molecular weight excluding hydrogens is 272 g/mol. The van der Waals surface area contributed by atoms with Crippen LogP contribution in [-0.2, 0) is 0 Å². The number of nitrogens with zero attached hydrogens (tertiary/aromatic N) is 3.